The fourth-order valence-electron chi connectivity index (χ4n) is 4.31. The molecule has 2 fully saturated rings. The van der Waals surface area contributed by atoms with Crippen molar-refractivity contribution in [2.24, 2.45) is 5.92 Å². The Morgan fingerprint density at radius 2 is 2.03 bits per heavy atom. The van der Waals surface area contributed by atoms with E-state index in [0.29, 0.717) is 31.0 Å². The Labute approximate surface area is 217 Å². The zero-order chi connectivity index (χ0) is 24.1. The van der Waals surface area contributed by atoms with Crippen molar-refractivity contribution in [2.75, 3.05) is 19.7 Å². The first-order valence-electron chi connectivity index (χ1n) is 12.1. The molecule has 4 rings (SSSR count). The number of piperidine rings is 1. The number of benzene rings is 1. The van der Waals surface area contributed by atoms with Gasteiger partial charge in [-0.1, -0.05) is 31.5 Å². The number of aromatic nitrogens is 2. The number of hydrogen-bond donors (Lipinski definition) is 1. The number of ether oxygens (including phenoxy) is 1. The van der Waals surface area contributed by atoms with Crippen LogP contribution in [0.1, 0.15) is 56.3 Å². The highest BCUT2D eigenvalue weighted by Crippen LogP contribution is 2.39. The molecule has 6 nitrogen and oxygen atoms in total. The van der Waals surface area contributed by atoms with Crippen molar-refractivity contribution in [1.29, 1.82) is 0 Å². The number of hydrogen-bond acceptors (Lipinski definition) is 6. The second kappa shape index (κ2) is 12.7. The van der Waals surface area contributed by atoms with E-state index in [-0.39, 0.29) is 47.7 Å². The maximum absolute atomic E-state index is 14.7. The molecule has 2 unspecified atom stereocenters. The van der Waals surface area contributed by atoms with Crippen LogP contribution in [0.2, 0.25) is 0 Å². The Bertz CT molecular complexity index is 1060. The van der Waals surface area contributed by atoms with Crippen molar-refractivity contribution >= 4 is 42.9 Å². The number of likely N-dealkylation sites (tertiary alicyclic amines) is 1. The third-order valence-electron chi connectivity index (χ3n) is 6.36. The molecular formula is C26H33ClFN3O3S. The lowest BCUT2D eigenvalue weighted by atomic mass is 9.93. The van der Waals surface area contributed by atoms with E-state index in [4.69, 9.17) is 17.4 Å². The summed E-state index contributed by atoms with van der Waals surface area (Å²) in [5, 5.41) is 4.51. The normalized spacial score (nSPS) is 20.3. The number of carbonyl (C=O) groups is 2. The minimum atomic E-state index is -0.589. The lowest BCUT2D eigenvalue weighted by Crippen LogP contribution is -2.42. The van der Waals surface area contributed by atoms with Gasteiger partial charge in [-0.2, -0.15) is 17.7 Å². The Kier molecular flexibility index (Phi) is 9.95. The van der Waals surface area contributed by atoms with E-state index in [1.165, 1.54) is 6.07 Å². The van der Waals surface area contributed by atoms with Crippen LogP contribution in [0.3, 0.4) is 0 Å². The summed E-state index contributed by atoms with van der Waals surface area (Å²) in [5.74, 6) is -0.519. The van der Waals surface area contributed by atoms with Crippen molar-refractivity contribution in [3.63, 3.8) is 0 Å². The fraction of sp³-hybridized carbons (Fsp3) is 0.500. The average molecular weight is 522 g/mol. The van der Waals surface area contributed by atoms with Gasteiger partial charge < -0.3 is 4.74 Å². The first kappa shape index (κ1) is 27.4. The summed E-state index contributed by atoms with van der Waals surface area (Å²) < 4.78 is 21.5. The zero-order valence-corrected chi connectivity index (χ0v) is 21.6. The number of carbonyl (C=O) groups excluding carboxylic acids is 2. The van der Waals surface area contributed by atoms with Gasteiger partial charge in [0.25, 0.3) is 0 Å². The highest BCUT2D eigenvalue weighted by Gasteiger charge is 2.40. The van der Waals surface area contributed by atoms with E-state index in [1.54, 1.807) is 29.1 Å². The SMILES string of the molecule is CCCCOC(=O)Cn1ccc(C=C2CN(C(C(=O)C3CC3)c3ccccc3F)CCC2S)n1.Cl. The summed E-state index contributed by atoms with van der Waals surface area (Å²) in [6.07, 6.45) is 8.05. The Balaban J connectivity index is 0.00000342. The topological polar surface area (TPSA) is 64.4 Å². The fourth-order valence-corrected chi connectivity index (χ4v) is 4.58. The molecule has 9 heteroatoms. The number of ketones is 1. The molecule has 0 bridgehead atoms. The van der Waals surface area contributed by atoms with Gasteiger partial charge >= 0.3 is 5.97 Å². The van der Waals surface area contributed by atoms with Crippen LogP contribution in [-0.4, -0.2) is 51.4 Å². The number of Topliss-reactive ketones (excluding diaryl/α,β-unsaturated/α-hetero) is 1. The van der Waals surface area contributed by atoms with Gasteiger partial charge in [-0.3, -0.25) is 19.2 Å². The van der Waals surface area contributed by atoms with Gasteiger partial charge in [0.2, 0.25) is 0 Å². The molecule has 0 radical (unpaired) electrons. The molecule has 2 atom stereocenters. The predicted octanol–water partition coefficient (Wildman–Crippen LogP) is 4.90. The summed E-state index contributed by atoms with van der Waals surface area (Å²) >= 11 is 4.76. The first-order valence-corrected chi connectivity index (χ1v) is 12.6. The lowest BCUT2D eigenvalue weighted by molar-refractivity contribution is -0.144. The summed E-state index contributed by atoms with van der Waals surface area (Å²) in [7, 11) is 0. The van der Waals surface area contributed by atoms with Crippen LogP contribution in [0.5, 0.6) is 0 Å². The maximum atomic E-state index is 14.7. The number of nitrogens with zero attached hydrogens (tertiary/aromatic N) is 3. The molecule has 2 heterocycles. The number of halogens is 2. The van der Waals surface area contributed by atoms with E-state index >= 15 is 0 Å². The van der Waals surface area contributed by atoms with Gasteiger partial charge in [0.1, 0.15) is 12.4 Å². The summed E-state index contributed by atoms with van der Waals surface area (Å²) in [6.45, 7) is 3.71. The number of esters is 1. The molecule has 1 aromatic heterocycles. The smallest absolute Gasteiger partial charge is 0.327 e. The highest BCUT2D eigenvalue weighted by molar-refractivity contribution is 7.81. The second-order valence-corrected chi connectivity index (χ2v) is 9.73. The van der Waals surface area contributed by atoms with Gasteiger partial charge in [0, 0.05) is 36.0 Å². The third-order valence-corrected chi connectivity index (χ3v) is 6.95. The van der Waals surface area contributed by atoms with Crippen LogP contribution in [0.25, 0.3) is 6.08 Å². The zero-order valence-electron chi connectivity index (χ0n) is 19.9. The van der Waals surface area contributed by atoms with Crippen LogP contribution in [0.4, 0.5) is 4.39 Å². The average Bonchev–Trinajstić information content (AvgIpc) is 3.58. The minimum absolute atomic E-state index is 0. The molecule has 1 saturated heterocycles. The summed E-state index contributed by atoms with van der Waals surface area (Å²) in [4.78, 5) is 27.2. The minimum Gasteiger partial charge on any atom is -0.464 e. The molecule has 2 aromatic rings. The van der Waals surface area contributed by atoms with E-state index in [0.717, 1.165) is 37.7 Å². The molecule has 0 spiro atoms. The van der Waals surface area contributed by atoms with Crippen molar-refractivity contribution in [3.05, 3.63) is 59.2 Å². The monoisotopic (exact) mass is 521 g/mol. The van der Waals surface area contributed by atoms with E-state index in [2.05, 4.69) is 10.00 Å². The van der Waals surface area contributed by atoms with Gasteiger partial charge in [-0.05, 0) is 49.5 Å². The maximum Gasteiger partial charge on any atom is 0.327 e. The van der Waals surface area contributed by atoms with E-state index in [1.807, 2.05) is 19.1 Å². The Morgan fingerprint density at radius 1 is 1.26 bits per heavy atom. The Morgan fingerprint density at radius 3 is 2.74 bits per heavy atom. The first-order chi connectivity index (χ1) is 16.5. The molecule has 35 heavy (non-hydrogen) atoms. The third kappa shape index (κ3) is 7.18. The van der Waals surface area contributed by atoms with Crippen molar-refractivity contribution in [1.82, 2.24) is 14.7 Å². The van der Waals surface area contributed by atoms with Crippen LogP contribution < -0.4 is 0 Å². The van der Waals surface area contributed by atoms with E-state index < -0.39 is 6.04 Å². The predicted molar refractivity (Wildman–Crippen MR) is 139 cm³/mol. The molecule has 0 N–H and O–H groups in total. The molecule has 2 aliphatic rings. The van der Waals surface area contributed by atoms with Gasteiger partial charge in [0.05, 0.1) is 18.3 Å². The molecule has 1 aliphatic carbocycles. The standard InChI is InChI=1S/C26H32FN3O3S.ClH/c1-2-3-14-33-24(31)17-30-13-10-20(28-30)15-19-16-29(12-11-23(19)34)25(26(32)18-8-9-18)21-6-4-5-7-22(21)27;/h4-7,10,13,15,18,23,25,34H,2-3,8-9,11-12,14,16-17H2,1H3;1H. The van der Waals surface area contributed by atoms with Crippen LogP contribution in [0, 0.1) is 11.7 Å². The lowest BCUT2D eigenvalue weighted by Gasteiger charge is -2.37. The number of thiol groups is 1. The molecule has 190 valence electrons. The largest absolute Gasteiger partial charge is 0.464 e. The van der Waals surface area contributed by atoms with Gasteiger partial charge in [0.15, 0.2) is 5.78 Å². The quantitative estimate of drug-likeness (QED) is 0.274. The molecule has 1 saturated carbocycles. The number of rotatable bonds is 10. The summed E-state index contributed by atoms with van der Waals surface area (Å²) in [5.41, 5.74) is 2.19. The number of unbranched alkanes of at least 4 members (excludes halogenated alkanes) is 1. The summed E-state index contributed by atoms with van der Waals surface area (Å²) in [6, 6.07) is 7.83. The van der Waals surface area contributed by atoms with Crippen molar-refractivity contribution in [2.45, 2.75) is 56.9 Å². The van der Waals surface area contributed by atoms with Crippen LogP contribution in [-0.2, 0) is 20.9 Å². The molecule has 1 aliphatic heterocycles. The van der Waals surface area contributed by atoms with Gasteiger partial charge in [-0.25, -0.2) is 4.39 Å². The van der Waals surface area contributed by atoms with E-state index in [9.17, 15) is 14.0 Å². The molecule has 1 aromatic carbocycles. The van der Waals surface area contributed by atoms with Crippen molar-refractivity contribution in [3.8, 4) is 0 Å². The van der Waals surface area contributed by atoms with Crippen molar-refractivity contribution < 1.29 is 18.7 Å². The second-order valence-electron chi connectivity index (χ2n) is 9.11. The van der Waals surface area contributed by atoms with Gasteiger partial charge in [-0.15, -0.1) is 12.4 Å². The Hall–Kier alpha value is -2.16. The molecular weight excluding hydrogens is 489 g/mol. The van der Waals surface area contributed by atoms with Crippen LogP contribution in [0.15, 0.2) is 42.1 Å². The molecule has 0 amide bonds. The van der Waals surface area contributed by atoms with Crippen LogP contribution >= 0.6 is 25.0 Å². The highest BCUT2D eigenvalue weighted by atomic mass is 35.5.